The van der Waals surface area contributed by atoms with Crippen LogP contribution in [-0.4, -0.2) is 23.3 Å². The average molecular weight is 397 g/mol. The van der Waals surface area contributed by atoms with Crippen LogP contribution in [0.25, 0.3) is 0 Å². The highest BCUT2D eigenvalue weighted by molar-refractivity contribution is 6.31. The van der Waals surface area contributed by atoms with E-state index in [-0.39, 0.29) is 6.17 Å². The van der Waals surface area contributed by atoms with E-state index in [2.05, 4.69) is 6.07 Å². The summed E-state index contributed by atoms with van der Waals surface area (Å²) < 4.78 is 0. The van der Waals surface area contributed by atoms with Crippen LogP contribution >= 0.6 is 11.6 Å². The van der Waals surface area contributed by atoms with Crippen LogP contribution in [0.3, 0.4) is 0 Å². The minimum Gasteiger partial charge on any atom is -0.507 e. The number of hydrogen-bond donors (Lipinski definition) is 4. The molecule has 4 rings (SSSR count). The molecule has 1 saturated heterocycles. The summed E-state index contributed by atoms with van der Waals surface area (Å²) in [6, 6.07) is 23.0. The van der Waals surface area contributed by atoms with E-state index < -0.39 is 0 Å². The smallest absolute Gasteiger partial charge is 0.242 e. The molecule has 0 aliphatic carbocycles. The Labute approximate surface area is 170 Å². The van der Waals surface area contributed by atoms with Crippen molar-refractivity contribution in [2.24, 2.45) is 0 Å². The van der Waals surface area contributed by atoms with Gasteiger partial charge in [0.25, 0.3) is 0 Å². The van der Waals surface area contributed by atoms with Crippen LogP contribution < -0.4 is 9.80 Å². The van der Waals surface area contributed by atoms with E-state index in [1.54, 1.807) is 12.1 Å². The molecule has 0 amide bonds. The van der Waals surface area contributed by atoms with Gasteiger partial charge in [-0.15, -0.1) is 0 Å². The predicted octanol–water partition coefficient (Wildman–Crippen LogP) is 1.93. The molecule has 4 nitrogen and oxygen atoms in total. The van der Waals surface area contributed by atoms with E-state index in [4.69, 9.17) is 11.6 Å². The minimum absolute atomic E-state index is 0.132. The molecule has 1 aliphatic rings. The zero-order chi connectivity index (χ0) is 19.5. The van der Waals surface area contributed by atoms with E-state index >= 15 is 0 Å². The maximum Gasteiger partial charge on any atom is 0.242 e. The molecule has 2 atom stereocenters. The first-order valence-electron chi connectivity index (χ1n) is 9.61. The molecule has 1 fully saturated rings. The Hall–Kier alpha value is -2.53. The molecule has 3 aromatic rings. The van der Waals surface area contributed by atoms with Crippen molar-refractivity contribution in [1.82, 2.24) is 0 Å². The standard InChI is InChI=1S/C23H23ClN2O2/c24-20-10-4-3-9-19(20)23-25(15-17-7-1-5-11-21(17)27)13-14-26(23)16-18-8-2-6-12-22(18)28/h1-12,23,27-28H,13-16H2/p+2. The van der Waals surface area contributed by atoms with Gasteiger partial charge < -0.3 is 10.2 Å². The van der Waals surface area contributed by atoms with Gasteiger partial charge in [0.2, 0.25) is 6.17 Å². The minimum atomic E-state index is 0.132. The largest absolute Gasteiger partial charge is 0.507 e. The normalized spacial score (nSPS) is 21.7. The lowest BCUT2D eigenvalue weighted by Crippen LogP contribution is -3.22. The third-order valence-electron chi connectivity index (χ3n) is 5.62. The predicted molar refractivity (Wildman–Crippen MR) is 109 cm³/mol. The molecule has 1 aliphatic heterocycles. The number of phenolic OH excluding ortho intramolecular Hbond substituents is 2. The summed E-state index contributed by atoms with van der Waals surface area (Å²) in [4.78, 5) is 2.72. The second-order valence-corrected chi connectivity index (χ2v) is 7.79. The highest BCUT2D eigenvalue weighted by Gasteiger charge is 2.42. The van der Waals surface area contributed by atoms with Crippen LogP contribution in [0.15, 0.2) is 72.8 Å². The molecule has 0 spiro atoms. The molecule has 0 bridgehead atoms. The van der Waals surface area contributed by atoms with Gasteiger partial charge in [-0.25, -0.2) is 0 Å². The van der Waals surface area contributed by atoms with Crippen molar-refractivity contribution in [3.05, 3.63) is 94.5 Å². The molecule has 0 saturated carbocycles. The summed E-state index contributed by atoms with van der Waals surface area (Å²) >= 11 is 6.58. The summed E-state index contributed by atoms with van der Waals surface area (Å²) in [5.41, 5.74) is 2.99. The van der Waals surface area contributed by atoms with Crippen molar-refractivity contribution in [2.45, 2.75) is 19.3 Å². The van der Waals surface area contributed by atoms with E-state index in [0.29, 0.717) is 11.5 Å². The van der Waals surface area contributed by atoms with Crippen molar-refractivity contribution >= 4 is 11.6 Å². The van der Waals surface area contributed by atoms with Gasteiger partial charge in [-0.3, -0.25) is 9.80 Å². The Morgan fingerprint density at radius 1 is 0.714 bits per heavy atom. The molecule has 2 unspecified atom stereocenters. The van der Waals surface area contributed by atoms with Gasteiger partial charge in [-0.05, 0) is 36.4 Å². The number of halogens is 1. The van der Waals surface area contributed by atoms with Gasteiger partial charge in [-0.2, -0.15) is 0 Å². The van der Waals surface area contributed by atoms with Crippen LogP contribution in [0.1, 0.15) is 22.9 Å². The fraction of sp³-hybridized carbons (Fsp3) is 0.217. The second-order valence-electron chi connectivity index (χ2n) is 7.38. The lowest BCUT2D eigenvalue weighted by Gasteiger charge is -2.25. The van der Waals surface area contributed by atoms with Gasteiger partial charge in [0, 0.05) is 11.1 Å². The molecule has 0 aromatic heterocycles. The summed E-state index contributed by atoms with van der Waals surface area (Å²) in [6.07, 6.45) is 0.132. The first kappa shape index (κ1) is 18.8. The number of phenols is 2. The zero-order valence-corrected chi connectivity index (χ0v) is 16.4. The number of nitrogens with one attached hydrogen (secondary N) is 2. The van der Waals surface area contributed by atoms with E-state index in [0.717, 1.165) is 47.9 Å². The molecule has 144 valence electrons. The van der Waals surface area contributed by atoms with Crippen molar-refractivity contribution in [2.75, 3.05) is 13.1 Å². The fourth-order valence-electron chi connectivity index (χ4n) is 4.24. The SMILES string of the molecule is Oc1ccccc1C[NH+]1CC[NH+](Cc2ccccc2O)C1c1ccccc1Cl. The Morgan fingerprint density at radius 3 is 1.68 bits per heavy atom. The lowest BCUT2D eigenvalue weighted by atomic mass is 10.1. The first-order chi connectivity index (χ1) is 13.6. The highest BCUT2D eigenvalue weighted by Crippen LogP contribution is 2.21. The van der Waals surface area contributed by atoms with Crippen molar-refractivity contribution in [3.8, 4) is 11.5 Å². The van der Waals surface area contributed by atoms with Crippen LogP contribution in [0.4, 0.5) is 0 Å². The Morgan fingerprint density at radius 2 is 1.18 bits per heavy atom. The first-order valence-corrected chi connectivity index (χ1v) is 9.98. The number of rotatable bonds is 5. The van der Waals surface area contributed by atoms with Crippen molar-refractivity contribution in [3.63, 3.8) is 0 Å². The molecule has 4 N–H and O–H groups in total. The van der Waals surface area contributed by atoms with Crippen molar-refractivity contribution < 1.29 is 20.0 Å². The highest BCUT2D eigenvalue weighted by atomic mass is 35.5. The fourth-order valence-corrected chi connectivity index (χ4v) is 4.48. The Bertz CT molecular complexity index is 907. The number of benzene rings is 3. The average Bonchev–Trinajstić information content (AvgIpc) is 3.08. The second kappa shape index (κ2) is 8.23. The monoisotopic (exact) mass is 396 g/mol. The maximum atomic E-state index is 10.2. The summed E-state index contributed by atoms with van der Waals surface area (Å²) in [7, 11) is 0. The topological polar surface area (TPSA) is 49.3 Å². The number of hydrogen-bond acceptors (Lipinski definition) is 2. The van der Waals surface area contributed by atoms with Crippen LogP contribution in [0.5, 0.6) is 11.5 Å². The Kier molecular flexibility index (Phi) is 5.53. The lowest BCUT2D eigenvalue weighted by molar-refractivity contribution is -1.09. The van der Waals surface area contributed by atoms with E-state index in [9.17, 15) is 10.2 Å². The quantitative estimate of drug-likeness (QED) is 0.532. The number of aromatic hydroxyl groups is 2. The van der Waals surface area contributed by atoms with E-state index in [1.165, 1.54) is 9.80 Å². The van der Waals surface area contributed by atoms with Crippen LogP contribution in [0.2, 0.25) is 5.02 Å². The molecular weight excluding hydrogens is 372 g/mol. The molecule has 1 heterocycles. The molecule has 28 heavy (non-hydrogen) atoms. The van der Waals surface area contributed by atoms with Gasteiger partial charge in [0.1, 0.15) is 37.7 Å². The third kappa shape index (κ3) is 3.85. The van der Waals surface area contributed by atoms with E-state index in [1.807, 2.05) is 54.6 Å². The summed E-state index contributed by atoms with van der Waals surface area (Å²) in [5.74, 6) is 0.670. The maximum absolute atomic E-state index is 10.2. The van der Waals surface area contributed by atoms with Gasteiger partial charge in [-0.1, -0.05) is 48.0 Å². The molecule has 3 aromatic carbocycles. The zero-order valence-electron chi connectivity index (χ0n) is 15.6. The molecular formula is C23H25ClN2O2+2. The molecule has 5 heteroatoms. The third-order valence-corrected chi connectivity index (χ3v) is 5.96. The van der Waals surface area contributed by atoms with Crippen LogP contribution in [-0.2, 0) is 13.1 Å². The van der Waals surface area contributed by atoms with Gasteiger partial charge in [0.15, 0.2) is 0 Å². The summed E-state index contributed by atoms with van der Waals surface area (Å²) in [5, 5.41) is 21.2. The van der Waals surface area contributed by atoms with Gasteiger partial charge in [0.05, 0.1) is 10.6 Å². The summed E-state index contributed by atoms with van der Waals surface area (Å²) in [6.45, 7) is 3.39. The number of quaternary nitrogens is 2. The van der Waals surface area contributed by atoms with Crippen LogP contribution in [0, 0.1) is 0 Å². The number of para-hydroxylation sites is 2. The molecule has 0 radical (unpaired) electrons. The Balaban J connectivity index is 1.66. The van der Waals surface area contributed by atoms with Gasteiger partial charge >= 0.3 is 0 Å². The van der Waals surface area contributed by atoms with Crippen molar-refractivity contribution in [1.29, 1.82) is 0 Å².